The molecule has 3 aliphatic rings. The summed E-state index contributed by atoms with van der Waals surface area (Å²) in [6, 6.07) is 0. The van der Waals surface area contributed by atoms with Crippen LogP contribution in [0.2, 0.25) is 0 Å². The quantitative estimate of drug-likeness (QED) is 0.539. The molecule has 0 atom stereocenters. The third kappa shape index (κ3) is 0.334. The highest BCUT2D eigenvalue weighted by Gasteiger charge is 2.63. The Morgan fingerprint density at radius 3 is 2.00 bits per heavy atom. The van der Waals surface area contributed by atoms with Crippen LogP contribution in [-0.4, -0.2) is 6.54 Å². The SMILES string of the molecule is CC12CC(CN)(C1)C2. The van der Waals surface area contributed by atoms with Crippen LogP contribution in [-0.2, 0) is 0 Å². The van der Waals surface area contributed by atoms with Crippen LogP contribution in [0.1, 0.15) is 26.2 Å². The largest absolute Gasteiger partial charge is 0.330 e. The molecule has 3 fully saturated rings. The molecule has 2 N–H and O–H groups in total. The molecule has 8 heavy (non-hydrogen) atoms. The topological polar surface area (TPSA) is 26.0 Å². The van der Waals surface area contributed by atoms with Crippen molar-refractivity contribution in [2.45, 2.75) is 26.2 Å². The highest BCUT2D eigenvalue weighted by Crippen LogP contribution is 2.72. The number of nitrogens with two attached hydrogens (primary N) is 1. The van der Waals surface area contributed by atoms with E-state index in [1.807, 2.05) is 0 Å². The Balaban J connectivity index is 2.04. The van der Waals surface area contributed by atoms with E-state index >= 15 is 0 Å². The van der Waals surface area contributed by atoms with Crippen LogP contribution >= 0.6 is 0 Å². The molecule has 0 aromatic heterocycles. The minimum absolute atomic E-state index is 0.648. The zero-order valence-electron chi connectivity index (χ0n) is 5.41. The Kier molecular flexibility index (Phi) is 0.583. The summed E-state index contributed by atoms with van der Waals surface area (Å²) >= 11 is 0. The second-order valence-corrected chi connectivity index (χ2v) is 4.05. The fraction of sp³-hybridized carbons (Fsp3) is 1.00. The Morgan fingerprint density at radius 2 is 1.88 bits per heavy atom. The van der Waals surface area contributed by atoms with Gasteiger partial charge in [-0.05, 0) is 36.6 Å². The summed E-state index contributed by atoms with van der Waals surface area (Å²) < 4.78 is 0. The fourth-order valence-corrected chi connectivity index (χ4v) is 2.78. The lowest BCUT2D eigenvalue weighted by Gasteiger charge is -2.69. The van der Waals surface area contributed by atoms with Crippen molar-refractivity contribution >= 4 is 0 Å². The molecule has 1 nitrogen and oxygen atoms in total. The average Bonchev–Trinajstić information content (AvgIpc) is 1.55. The van der Waals surface area contributed by atoms with Crippen molar-refractivity contribution in [3.63, 3.8) is 0 Å². The van der Waals surface area contributed by atoms with Gasteiger partial charge >= 0.3 is 0 Å². The molecule has 2 bridgehead atoms. The normalized spacial score (nSPS) is 59.2. The van der Waals surface area contributed by atoms with Crippen LogP contribution in [0.25, 0.3) is 0 Å². The molecule has 0 heterocycles. The van der Waals surface area contributed by atoms with Gasteiger partial charge in [0.25, 0.3) is 0 Å². The van der Waals surface area contributed by atoms with Gasteiger partial charge in [-0.15, -0.1) is 0 Å². The van der Waals surface area contributed by atoms with E-state index in [-0.39, 0.29) is 0 Å². The van der Waals surface area contributed by atoms with E-state index in [0.717, 1.165) is 12.0 Å². The molecule has 1 heteroatoms. The van der Waals surface area contributed by atoms with Crippen molar-refractivity contribution in [3.05, 3.63) is 0 Å². The summed E-state index contributed by atoms with van der Waals surface area (Å²) in [7, 11) is 0. The van der Waals surface area contributed by atoms with Gasteiger partial charge in [0, 0.05) is 0 Å². The van der Waals surface area contributed by atoms with E-state index in [1.54, 1.807) is 0 Å². The lowest BCUT2D eigenvalue weighted by atomic mass is 9.36. The molecule has 0 radical (unpaired) electrons. The third-order valence-corrected chi connectivity index (χ3v) is 2.84. The fourth-order valence-electron chi connectivity index (χ4n) is 2.78. The maximum absolute atomic E-state index is 5.56. The molecule has 0 aromatic rings. The van der Waals surface area contributed by atoms with Crippen molar-refractivity contribution in [1.29, 1.82) is 0 Å². The molecule has 0 saturated heterocycles. The van der Waals surface area contributed by atoms with E-state index < -0.39 is 0 Å². The van der Waals surface area contributed by atoms with E-state index in [2.05, 4.69) is 6.92 Å². The second kappa shape index (κ2) is 0.971. The molecule has 0 spiro atoms. The van der Waals surface area contributed by atoms with Crippen molar-refractivity contribution in [3.8, 4) is 0 Å². The third-order valence-electron chi connectivity index (χ3n) is 2.84. The van der Waals surface area contributed by atoms with Gasteiger partial charge in [0.2, 0.25) is 0 Å². The van der Waals surface area contributed by atoms with Crippen molar-refractivity contribution in [2.24, 2.45) is 16.6 Å². The number of rotatable bonds is 1. The average molecular weight is 111 g/mol. The highest BCUT2D eigenvalue weighted by atomic mass is 14.8. The maximum Gasteiger partial charge on any atom is -0.00199 e. The molecule has 3 saturated carbocycles. The minimum atomic E-state index is 0.648. The van der Waals surface area contributed by atoms with Gasteiger partial charge in [0.05, 0.1) is 0 Å². The van der Waals surface area contributed by atoms with Gasteiger partial charge in [0.15, 0.2) is 0 Å². The summed E-state index contributed by atoms with van der Waals surface area (Å²) in [5.41, 5.74) is 6.96. The van der Waals surface area contributed by atoms with Crippen LogP contribution < -0.4 is 5.73 Å². The maximum atomic E-state index is 5.56. The molecule has 3 aliphatic carbocycles. The van der Waals surface area contributed by atoms with Gasteiger partial charge in [-0.1, -0.05) is 6.92 Å². The molecule has 0 aromatic carbocycles. The van der Waals surface area contributed by atoms with Gasteiger partial charge < -0.3 is 5.73 Å². The smallest absolute Gasteiger partial charge is 0.00199 e. The van der Waals surface area contributed by atoms with E-state index in [4.69, 9.17) is 5.73 Å². The number of hydrogen-bond donors (Lipinski definition) is 1. The first-order valence-corrected chi connectivity index (χ1v) is 3.38. The number of hydrogen-bond acceptors (Lipinski definition) is 1. The summed E-state index contributed by atoms with van der Waals surface area (Å²) in [5, 5.41) is 0. The first-order valence-electron chi connectivity index (χ1n) is 3.38. The Morgan fingerprint density at radius 1 is 1.38 bits per heavy atom. The zero-order chi connectivity index (χ0) is 5.83. The zero-order valence-corrected chi connectivity index (χ0v) is 5.41. The van der Waals surface area contributed by atoms with E-state index in [1.165, 1.54) is 19.3 Å². The van der Waals surface area contributed by atoms with Gasteiger partial charge in [0.1, 0.15) is 0 Å². The van der Waals surface area contributed by atoms with Crippen LogP contribution in [0.5, 0.6) is 0 Å². The predicted octanol–water partition coefficient (Wildman–Crippen LogP) is 1.14. The van der Waals surface area contributed by atoms with Crippen molar-refractivity contribution in [1.82, 2.24) is 0 Å². The molecule has 0 unspecified atom stereocenters. The van der Waals surface area contributed by atoms with Crippen LogP contribution in [0.15, 0.2) is 0 Å². The predicted molar refractivity (Wildman–Crippen MR) is 33.4 cm³/mol. The lowest BCUT2D eigenvalue weighted by Crippen LogP contribution is -2.63. The van der Waals surface area contributed by atoms with Crippen molar-refractivity contribution < 1.29 is 0 Å². The molecule has 0 amide bonds. The molecular weight excluding hydrogens is 98.1 g/mol. The standard InChI is InChI=1S/C7H13N/c1-6-2-7(3-6,4-6)5-8/h2-5,8H2,1H3. The lowest BCUT2D eigenvalue weighted by molar-refractivity contribution is -0.182. The summed E-state index contributed by atoms with van der Waals surface area (Å²) in [6.45, 7) is 3.30. The Bertz CT molecular complexity index is 109. The van der Waals surface area contributed by atoms with Gasteiger partial charge in [-0.25, -0.2) is 0 Å². The Labute approximate surface area is 50.3 Å². The minimum Gasteiger partial charge on any atom is -0.330 e. The molecule has 46 valence electrons. The van der Waals surface area contributed by atoms with Crippen LogP contribution in [0, 0.1) is 10.8 Å². The molecule has 3 rings (SSSR count). The Hall–Kier alpha value is -0.0400. The highest BCUT2D eigenvalue weighted by molar-refractivity contribution is 5.15. The van der Waals surface area contributed by atoms with Crippen LogP contribution in [0.4, 0.5) is 0 Å². The molecular formula is C7H13N. The van der Waals surface area contributed by atoms with Crippen LogP contribution in [0.3, 0.4) is 0 Å². The second-order valence-electron chi connectivity index (χ2n) is 4.05. The van der Waals surface area contributed by atoms with Gasteiger partial charge in [-0.3, -0.25) is 0 Å². The van der Waals surface area contributed by atoms with E-state index in [0.29, 0.717) is 5.41 Å². The van der Waals surface area contributed by atoms with E-state index in [9.17, 15) is 0 Å². The first-order chi connectivity index (χ1) is 3.68. The summed E-state index contributed by atoms with van der Waals surface area (Å²) in [6.07, 6.45) is 4.24. The summed E-state index contributed by atoms with van der Waals surface area (Å²) in [5.74, 6) is 0. The van der Waals surface area contributed by atoms with Crippen molar-refractivity contribution in [2.75, 3.05) is 6.54 Å². The monoisotopic (exact) mass is 111 g/mol. The first kappa shape index (κ1) is 4.80. The molecule has 0 aliphatic heterocycles. The van der Waals surface area contributed by atoms with Gasteiger partial charge in [-0.2, -0.15) is 0 Å². The summed E-state index contributed by atoms with van der Waals surface area (Å²) in [4.78, 5) is 0.